The highest BCUT2D eigenvalue weighted by Gasteiger charge is 2.19. The second-order valence-corrected chi connectivity index (χ2v) is 3.92. The van der Waals surface area contributed by atoms with E-state index < -0.39 is 11.9 Å². The number of rotatable bonds is 4. The zero-order valence-corrected chi connectivity index (χ0v) is 10.6. The predicted octanol–water partition coefficient (Wildman–Crippen LogP) is 2.32. The van der Waals surface area contributed by atoms with E-state index in [4.69, 9.17) is 9.47 Å². The number of hydrogen-bond acceptors (Lipinski definition) is 4. The van der Waals surface area contributed by atoms with Crippen molar-refractivity contribution in [1.82, 2.24) is 4.98 Å². The summed E-state index contributed by atoms with van der Waals surface area (Å²) >= 11 is 0. The third-order valence-electron chi connectivity index (χ3n) is 2.77. The minimum Gasteiger partial charge on any atom is -0.493 e. The number of aliphatic hydroxyl groups is 1. The van der Waals surface area contributed by atoms with Crippen LogP contribution in [0.1, 0.15) is 17.2 Å². The molecule has 2 rings (SSSR count). The Labute approximate surface area is 110 Å². The Morgan fingerprint density at radius 3 is 2.63 bits per heavy atom. The van der Waals surface area contributed by atoms with Crippen LogP contribution in [0.4, 0.5) is 4.39 Å². The van der Waals surface area contributed by atoms with Crippen LogP contribution in [-0.2, 0) is 0 Å². The molecule has 0 saturated carbocycles. The number of benzene rings is 1. The highest BCUT2D eigenvalue weighted by Crippen LogP contribution is 2.36. The maximum Gasteiger partial charge on any atom is 0.166 e. The summed E-state index contributed by atoms with van der Waals surface area (Å²) in [5.74, 6) is 0.420. The van der Waals surface area contributed by atoms with Crippen molar-refractivity contribution in [3.05, 3.63) is 53.6 Å². The van der Waals surface area contributed by atoms with Gasteiger partial charge in [0.05, 0.1) is 20.4 Å². The van der Waals surface area contributed by atoms with Crippen LogP contribution in [0.3, 0.4) is 0 Å². The lowest BCUT2D eigenvalue weighted by Crippen LogP contribution is -2.04. The van der Waals surface area contributed by atoms with Crippen molar-refractivity contribution < 1.29 is 19.0 Å². The minimum atomic E-state index is -1.03. The van der Waals surface area contributed by atoms with Gasteiger partial charge in [-0.15, -0.1) is 0 Å². The largest absolute Gasteiger partial charge is 0.493 e. The molecular weight excluding hydrogens is 249 g/mol. The lowest BCUT2D eigenvalue weighted by molar-refractivity contribution is 0.212. The third kappa shape index (κ3) is 2.66. The first-order chi connectivity index (χ1) is 9.17. The number of pyridine rings is 1. The normalized spacial score (nSPS) is 12.0. The molecule has 0 fully saturated rings. The number of aromatic nitrogens is 1. The number of para-hydroxylation sites is 1. The molecule has 4 nitrogen and oxygen atoms in total. The molecule has 1 N–H and O–H groups in total. The maximum absolute atomic E-state index is 13.1. The van der Waals surface area contributed by atoms with E-state index in [2.05, 4.69) is 4.98 Å². The highest BCUT2D eigenvalue weighted by molar-refractivity contribution is 5.49. The molecular formula is C14H14FNO3. The first-order valence-corrected chi connectivity index (χ1v) is 5.66. The fourth-order valence-corrected chi connectivity index (χ4v) is 1.88. The van der Waals surface area contributed by atoms with Crippen molar-refractivity contribution in [3.63, 3.8) is 0 Å². The molecule has 0 saturated heterocycles. The molecule has 1 atom stereocenters. The third-order valence-corrected chi connectivity index (χ3v) is 2.77. The van der Waals surface area contributed by atoms with Gasteiger partial charge in [-0.3, -0.25) is 4.98 Å². The van der Waals surface area contributed by atoms with Crippen molar-refractivity contribution in [1.29, 1.82) is 0 Å². The van der Waals surface area contributed by atoms with E-state index in [1.807, 2.05) is 0 Å². The van der Waals surface area contributed by atoms with Gasteiger partial charge >= 0.3 is 0 Å². The molecule has 5 heteroatoms. The fraction of sp³-hybridized carbons (Fsp3) is 0.214. The lowest BCUT2D eigenvalue weighted by atomic mass is 10.0. The van der Waals surface area contributed by atoms with Gasteiger partial charge in [0.15, 0.2) is 11.5 Å². The van der Waals surface area contributed by atoms with E-state index in [-0.39, 0.29) is 0 Å². The van der Waals surface area contributed by atoms with Crippen LogP contribution in [0.5, 0.6) is 11.5 Å². The quantitative estimate of drug-likeness (QED) is 0.919. The van der Waals surface area contributed by atoms with E-state index in [1.165, 1.54) is 26.5 Å². The minimum absolute atomic E-state index is 0.353. The zero-order valence-electron chi connectivity index (χ0n) is 10.6. The van der Waals surface area contributed by atoms with Crippen molar-refractivity contribution in [2.75, 3.05) is 14.2 Å². The molecule has 1 aromatic carbocycles. The first-order valence-electron chi connectivity index (χ1n) is 5.66. The van der Waals surface area contributed by atoms with Crippen LogP contribution in [0.2, 0.25) is 0 Å². The number of hydrogen-bond donors (Lipinski definition) is 1. The standard InChI is InChI=1S/C14H14FNO3/c1-18-12-5-3-4-11(14(12)19-2)13(17)9-6-10(15)8-16-7-9/h3-8,13,17H,1-2H3. The van der Waals surface area contributed by atoms with E-state index in [9.17, 15) is 9.50 Å². The Morgan fingerprint density at radius 2 is 2.00 bits per heavy atom. The first kappa shape index (κ1) is 13.3. The summed E-state index contributed by atoms with van der Waals surface area (Å²) in [5.41, 5.74) is 0.848. The molecule has 0 aliphatic carbocycles. The van der Waals surface area contributed by atoms with Gasteiger partial charge in [-0.1, -0.05) is 12.1 Å². The van der Waals surface area contributed by atoms with Gasteiger partial charge in [-0.25, -0.2) is 4.39 Å². The molecule has 1 unspecified atom stereocenters. The van der Waals surface area contributed by atoms with Crippen molar-refractivity contribution in [2.45, 2.75) is 6.10 Å². The van der Waals surface area contributed by atoms with Crippen molar-refractivity contribution in [3.8, 4) is 11.5 Å². The van der Waals surface area contributed by atoms with E-state index in [0.29, 0.717) is 22.6 Å². The Kier molecular flexibility index (Phi) is 3.97. The Hall–Kier alpha value is -2.14. The summed E-state index contributed by atoms with van der Waals surface area (Å²) in [6.45, 7) is 0. The molecule has 0 radical (unpaired) electrons. The predicted molar refractivity (Wildman–Crippen MR) is 67.8 cm³/mol. The second-order valence-electron chi connectivity index (χ2n) is 3.92. The molecule has 1 heterocycles. The van der Waals surface area contributed by atoms with Gasteiger partial charge in [-0.2, -0.15) is 0 Å². The second kappa shape index (κ2) is 5.67. The summed E-state index contributed by atoms with van der Waals surface area (Å²) < 4.78 is 23.5. The van der Waals surface area contributed by atoms with Crippen LogP contribution in [-0.4, -0.2) is 24.3 Å². The van der Waals surface area contributed by atoms with Crippen LogP contribution >= 0.6 is 0 Å². The van der Waals surface area contributed by atoms with E-state index in [0.717, 1.165) is 6.20 Å². The van der Waals surface area contributed by atoms with Gasteiger partial charge in [0.25, 0.3) is 0 Å². The Morgan fingerprint density at radius 1 is 1.21 bits per heavy atom. The summed E-state index contributed by atoms with van der Waals surface area (Å²) in [6.07, 6.45) is 1.46. The molecule has 0 spiro atoms. The number of halogens is 1. The van der Waals surface area contributed by atoms with E-state index in [1.54, 1.807) is 18.2 Å². The molecule has 0 aliphatic rings. The van der Waals surface area contributed by atoms with E-state index >= 15 is 0 Å². The molecule has 100 valence electrons. The summed E-state index contributed by atoms with van der Waals surface area (Å²) in [6, 6.07) is 6.37. The van der Waals surface area contributed by atoms with Crippen LogP contribution < -0.4 is 9.47 Å². The average Bonchev–Trinajstić information content (AvgIpc) is 2.45. The summed E-state index contributed by atoms with van der Waals surface area (Å²) in [5, 5.41) is 10.3. The number of methoxy groups -OCH3 is 2. The number of nitrogens with zero attached hydrogens (tertiary/aromatic N) is 1. The summed E-state index contributed by atoms with van der Waals surface area (Å²) in [7, 11) is 3.00. The fourth-order valence-electron chi connectivity index (χ4n) is 1.88. The van der Waals surface area contributed by atoms with Gasteiger partial charge in [0, 0.05) is 17.3 Å². The molecule has 1 aromatic heterocycles. The molecule has 2 aromatic rings. The summed E-state index contributed by atoms with van der Waals surface area (Å²) in [4.78, 5) is 3.72. The molecule has 19 heavy (non-hydrogen) atoms. The van der Waals surface area contributed by atoms with Gasteiger partial charge in [0.1, 0.15) is 11.9 Å². The van der Waals surface area contributed by atoms with Crippen molar-refractivity contribution >= 4 is 0 Å². The van der Waals surface area contributed by atoms with Gasteiger partial charge in [-0.05, 0) is 12.1 Å². The van der Waals surface area contributed by atoms with Crippen LogP contribution in [0.25, 0.3) is 0 Å². The van der Waals surface area contributed by atoms with Crippen LogP contribution in [0, 0.1) is 5.82 Å². The Balaban J connectivity index is 2.46. The molecule has 0 bridgehead atoms. The van der Waals surface area contributed by atoms with Gasteiger partial charge in [0.2, 0.25) is 0 Å². The zero-order chi connectivity index (χ0) is 13.8. The number of aliphatic hydroxyl groups excluding tert-OH is 1. The van der Waals surface area contributed by atoms with Gasteiger partial charge < -0.3 is 14.6 Å². The topological polar surface area (TPSA) is 51.6 Å². The maximum atomic E-state index is 13.1. The lowest BCUT2D eigenvalue weighted by Gasteiger charge is -2.17. The van der Waals surface area contributed by atoms with Crippen molar-refractivity contribution in [2.24, 2.45) is 0 Å². The highest BCUT2D eigenvalue weighted by atomic mass is 19.1. The molecule has 0 amide bonds. The monoisotopic (exact) mass is 263 g/mol. The smallest absolute Gasteiger partial charge is 0.166 e. The number of ether oxygens (including phenoxy) is 2. The molecule has 0 aliphatic heterocycles. The average molecular weight is 263 g/mol. The SMILES string of the molecule is COc1cccc(C(O)c2cncc(F)c2)c1OC. The Bertz CT molecular complexity index is 574. The van der Waals surface area contributed by atoms with Crippen LogP contribution in [0.15, 0.2) is 36.7 Å².